The van der Waals surface area contributed by atoms with Crippen molar-refractivity contribution >= 4 is 40.8 Å². The van der Waals surface area contributed by atoms with E-state index in [1.54, 1.807) is 50.6 Å². The molecule has 3 aromatic rings. The molecule has 2 heterocycles. The Morgan fingerprint density at radius 3 is 2.41 bits per heavy atom. The van der Waals surface area contributed by atoms with Crippen LogP contribution < -0.4 is 29.9 Å². The monoisotopic (exact) mass is 462 g/mol. The Hall–Kier alpha value is -4.34. The Morgan fingerprint density at radius 2 is 1.76 bits per heavy atom. The van der Waals surface area contributed by atoms with Gasteiger partial charge in [-0.3, -0.25) is 14.6 Å². The highest BCUT2D eigenvalue weighted by molar-refractivity contribution is 6.05. The quantitative estimate of drug-likeness (QED) is 0.568. The van der Waals surface area contributed by atoms with Crippen LogP contribution in [0.5, 0.6) is 11.5 Å². The summed E-state index contributed by atoms with van der Waals surface area (Å²) in [5.74, 6) is 1.80. The molecule has 3 amide bonds. The molecule has 1 aliphatic rings. The summed E-state index contributed by atoms with van der Waals surface area (Å²) in [4.78, 5) is 36.9. The summed E-state index contributed by atoms with van der Waals surface area (Å²) in [5, 5.41) is 5.95. The van der Waals surface area contributed by atoms with Gasteiger partial charge in [-0.1, -0.05) is 6.07 Å². The number of urea groups is 1. The van der Waals surface area contributed by atoms with E-state index in [4.69, 9.17) is 9.47 Å². The van der Waals surface area contributed by atoms with Crippen LogP contribution >= 0.6 is 0 Å². The highest BCUT2D eigenvalue weighted by Gasteiger charge is 2.31. The zero-order chi connectivity index (χ0) is 24.4. The van der Waals surface area contributed by atoms with Crippen molar-refractivity contribution in [2.45, 2.75) is 20.4 Å². The van der Waals surface area contributed by atoms with E-state index in [0.717, 1.165) is 11.1 Å². The fourth-order valence-corrected chi connectivity index (χ4v) is 3.70. The number of carbonyl (C=O) groups is 2. The minimum atomic E-state index is -0.248. The van der Waals surface area contributed by atoms with Crippen LogP contribution in [0.4, 0.5) is 33.6 Å². The number of amides is 3. The average molecular weight is 463 g/mol. The zero-order valence-corrected chi connectivity index (χ0v) is 19.7. The van der Waals surface area contributed by atoms with E-state index in [1.165, 1.54) is 11.8 Å². The molecule has 0 bridgehead atoms. The number of methoxy groups -OCH3 is 2. The molecule has 0 aliphatic carbocycles. The number of aromatic nitrogens is 2. The van der Waals surface area contributed by atoms with E-state index in [9.17, 15) is 9.59 Å². The second-order valence-electron chi connectivity index (χ2n) is 7.90. The maximum atomic E-state index is 13.2. The minimum Gasteiger partial charge on any atom is -0.497 e. The van der Waals surface area contributed by atoms with Gasteiger partial charge >= 0.3 is 6.03 Å². The van der Waals surface area contributed by atoms with Crippen molar-refractivity contribution < 1.29 is 19.1 Å². The van der Waals surface area contributed by atoms with Gasteiger partial charge in [-0.15, -0.1) is 0 Å². The molecule has 34 heavy (non-hydrogen) atoms. The van der Waals surface area contributed by atoms with E-state index in [-0.39, 0.29) is 18.5 Å². The van der Waals surface area contributed by atoms with Gasteiger partial charge in [0.15, 0.2) is 0 Å². The zero-order valence-electron chi connectivity index (χ0n) is 19.7. The molecule has 0 saturated carbocycles. The standard InChI is InChI=1S/C24H26N6O4/c1-14-6-7-20(21(8-14)26-15(2)31)27-23-25-12-16-13-30(24(32)29(3)22(16)28-23)17-9-18(33-4)11-19(10-17)34-5/h6-12H,13H2,1-5H3,(H,26,31)(H,25,27,28). The average Bonchev–Trinajstić information content (AvgIpc) is 2.82. The molecule has 1 aliphatic heterocycles. The number of benzene rings is 2. The normalized spacial score (nSPS) is 12.8. The van der Waals surface area contributed by atoms with Gasteiger partial charge in [0.25, 0.3) is 0 Å². The van der Waals surface area contributed by atoms with Gasteiger partial charge in [0, 0.05) is 43.9 Å². The lowest BCUT2D eigenvalue weighted by Gasteiger charge is -2.34. The SMILES string of the molecule is COc1cc(OC)cc(N2Cc3cnc(Nc4ccc(C)cc4NC(C)=O)nc3N(C)C2=O)c1. The minimum absolute atomic E-state index is 0.181. The maximum Gasteiger partial charge on any atom is 0.330 e. The molecular weight excluding hydrogens is 436 g/mol. The third-order valence-corrected chi connectivity index (χ3v) is 5.39. The summed E-state index contributed by atoms with van der Waals surface area (Å²) in [5.41, 5.74) is 3.69. The van der Waals surface area contributed by atoms with Gasteiger partial charge in [0.05, 0.1) is 37.8 Å². The Bertz CT molecular complexity index is 1240. The predicted molar refractivity (Wildman–Crippen MR) is 130 cm³/mol. The fourth-order valence-electron chi connectivity index (χ4n) is 3.70. The smallest absolute Gasteiger partial charge is 0.330 e. The molecule has 0 atom stereocenters. The lowest BCUT2D eigenvalue weighted by molar-refractivity contribution is -0.114. The number of nitrogens with one attached hydrogen (secondary N) is 2. The van der Waals surface area contributed by atoms with Crippen molar-refractivity contribution in [2.75, 3.05) is 41.7 Å². The summed E-state index contributed by atoms with van der Waals surface area (Å²) in [6, 6.07) is 10.7. The van der Waals surface area contributed by atoms with E-state index in [2.05, 4.69) is 20.6 Å². The summed E-state index contributed by atoms with van der Waals surface area (Å²) in [6.07, 6.45) is 1.68. The van der Waals surface area contributed by atoms with E-state index in [1.807, 2.05) is 25.1 Å². The molecule has 1 aromatic heterocycles. The first-order valence-corrected chi connectivity index (χ1v) is 10.6. The Balaban J connectivity index is 1.64. The van der Waals surface area contributed by atoms with Crippen molar-refractivity contribution in [2.24, 2.45) is 0 Å². The van der Waals surface area contributed by atoms with E-state index < -0.39 is 0 Å². The Labute approximate surface area is 197 Å². The van der Waals surface area contributed by atoms with Gasteiger partial charge in [0.2, 0.25) is 11.9 Å². The van der Waals surface area contributed by atoms with Crippen LogP contribution in [0.1, 0.15) is 18.1 Å². The number of hydrogen-bond donors (Lipinski definition) is 2. The molecule has 0 radical (unpaired) electrons. The lowest BCUT2D eigenvalue weighted by atomic mass is 10.2. The molecule has 2 N–H and O–H groups in total. The number of nitrogens with zero attached hydrogens (tertiary/aromatic N) is 4. The largest absolute Gasteiger partial charge is 0.497 e. The number of hydrogen-bond acceptors (Lipinski definition) is 7. The lowest BCUT2D eigenvalue weighted by Crippen LogP contribution is -2.46. The Morgan fingerprint density at radius 1 is 1.06 bits per heavy atom. The molecule has 4 rings (SSSR count). The van der Waals surface area contributed by atoms with Gasteiger partial charge in [-0.05, 0) is 24.6 Å². The van der Waals surface area contributed by atoms with Crippen LogP contribution in [-0.2, 0) is 11.3 Å². The van der Waals surface area contributed by atoms with Gasteiger partial charge in [-0.2, -0.15) is 4.98 Å². The van der Waals surface area contributed by atoms with Crippen molar-refractivity contribution in [1.82, 2.24) is 9.97 Å². The van der Waals surface area contributed by atoms with Crippen LogP contribution in [0.25, 0.3) is 0 Å². The predicted octanol–water partition coefficient (Wildman–Crippen LogP) is 4.08. The summed E-state index contributed by atoms with van der Waals surface area (Å²) in [7, 11) is 4.79. The van der Waals surface area contributed by atoms with Gasteiger partial charge < -0.3 is 20.1 Å². The molecule has 0 fully saturated rings. The van der Waals surface area contributed by atoms with Crippen LogP contribution in [0, 0.1) is 6.92 Å². The summed E-state index contributed by atoms with van der Waals surface area (Å²) >= 11 is 0. The first-order valence-electron chi connectivity index (χ1n) is 10.6. The molecule has 176 valence electrons. The van der Waals surface area contributed by atoms with Crippen molar-refractivity contribution in [3.05, 3.63) is 53.7 Å². The van der Waals surface area contributed by atoms with E-state index in [0.29, 0.717) is 40.3 Å². The number of rotatable bonds is 6. The number of fused-ring (bicyclic) bond motifs is 1. The number of carbonyl (C=O) groups excluding carboxylic acids is 2. The highest BCUT2D eigenvalue weighted by Crippen LogP contribution is 2.35. The van der Waals surface area contributed by atoms with Crippen LogP contribution in [0.2, 0.25) is 0 Å². The molecule has 0 saturated heterocycles. The van der Waals surface area contributed by atoms with Gasteiger partial charge in [-0.25, -0.2) is 9.78 Å². The first-order chi connectivity index (χ1) is 16.3. The van der Waals surface area contributed by atoms with Crippen LogP contribution in [0.3, 0.4) is 0 Å². The van der Waals surface area contributed by atoms with Gasteiger partial charge in [0.1, 0.15) is 17.3 Å². The second-order valence-corrected chi connectivity index (χ2v) is 7.90. The molecule has 0 spiro atoms. The molecule has 10 heteroatoms. The number of anilines is 5. The highest BCUT2D eigenvalue weighted by atomic mass is 16.5. The Kier molecular flexibility index (Phi) is 6.22. The van der Waals surface area contributed by atoms with Crippen molar-refractivity contribution in [3.8, 4) is 11.5 Å². The molecule has 10 nitrogen and oxygen atoms in total. The maximum absolute atomic E-state index is 13.2. The third-order valence-electron chi connectivity index (χ3n) is 5.39. The molecule has 2 aromatic carbocycles. The van der Waals surface area contributed by atoms with Crippen molar-refractivity contribution in [3.63, 3.8) is 0 Å². The van der Waals surface area contributed by atoms with Crippen LogP contribution in [0.15, 0.2) is 42.6 Å². The molecule has 0 unspecified atom stereocenters. The fraction of sp³-hybridized carbons (Fsp3) is 0.250. The number of aryl methyl sites for hydroxylation is 1. The van der Waals surface area contributed by atoms with Crippen LogP contribution in [-0.4, -0.2) is 43.2 Å². The topological polar surface area (TPSA) is 109 Å². The number of ether oxygens (including phenoxy) is 2. The van der Waals surface area contributed by atoms with Crippen molar-refractivity contribution in [1.29, 1.82) is 0 Å². The first kappa shape index (κ1) is 22.8. The summed E-state index contributed by atoms with van der Waals surface area (Å²) < 4.78 is 10.7. The van der Waals surface area contributed by atoms with E-state index >= 15 is 0 Å². The second kappa shape index (κ2) is 9.26. The third kappa shape index (κ3) is 4.56. The summed E-state index contributed by atoms with van der Waals surface area (Å²) in [6.45, 7) is 3.68. The molecular formula is C24H26N6O4.